The molecule has 1 amide bonds. The second kappa shape index (κ2) is 9.00. The van der Waals surface area contributed by atoms with Crippen molar-refractivity contribution in [3.63, 3.8) is 0 Å². The fraction of sp³-hybridized carbons (Fsp3) is 0.480. The Morgan fingerprint density at radius 3 is 2.66 bits per heavy atom. The molecule has 10 heteroatoms. The second-order valence-corrected chi connectivity index (χ2v) is 10.3. The number of amides is 1. The summed E-state index contributed by atoms with van der Waals surface area (Å²) in [5.74, 6) is 0.998. The SMILES string of the molecule is CCOc1c(C(C)n2nc(C)c3c(N)ncnc32)cc(Cl)c(C#N)c1C1CN(C(=O)C(C)(C)C)C1. The number of rotatable bonds is 5. The Labute approximate surface area is 209 Å². The van der Waals surface area contributed by atoms with Gasteiger partial charge < -0.3 is 15.4 Å². The molecule has 2 aromatic heterocycles. The van der Waals surface area contributed by atoms with Crippen molar-refractivity contribution < 1.29 is 9.53 Å². The topological polar surface area (TPSA) is 123 Å². The van der Waals surface area contributed by atoms with Crippen LogP contribution in [0, 0.1) is 23.7 Å². The minimum Gasteiger partial charge on any atom is -0.493 e. The number of fused-ring (bicyclic) bond motifs is 1. The summed E-state index contributed by atoms with van der Waals surface area (Å²) in [5.41, 5.74) is 8.85. The highest BCUT2D eigenvalue weighted by Gasteiger charge is 2.40. The van der Waals surface area contributed by atoms with Crippen molar-refractivity contribution in [1.29, 1.82) is 5.26 Å². The van der Waals surface area contributed by atoms with Gasteiger partial charge in [0.15, 0.2) is 5.65 Å². The molecule has 35 heavy (non-hydrogen) atoms. The van der Waals surface area contributed by atoms with Gasteiger partial charge in [0.2, 0.25) is 5.91 Å². The van der Waals surface area contributed by atoms with Crippen molar-refractivity contribution in [2.75, 3.05) is 25.4 Å². The molecule has 1 saturated heterocycles. The van der Waals surface area contributed by atoms with Crippen molar-refractivity contribution in [2.24, 2.45) is 5.41 Å². The van der Waals surface area contributed by atoms with Crippen LogP contribution in [0.1, 0.15) is 69.0 Å². The van der Waals surface area contributed by atoms with Gasteiger partial charge in [-0.3, -0.25) is 4.79 Å². The molecule has 1 aliphatic heterocycles. The zero-order valence-corrected chi connectivity index (χ0v) is 21.6. The smallest absolute Gasteiger partial charge is 0.227 e. The lowest BCUT2D eigenvalue weighted by Crippen LogP contribution is -2.52. The minimum absolute atomic E-state index is 0.0591. The van der Waals surface area contributed by atoms with Crippen LogP contribution in [-0.2, 0) is 4.79 Å². The van der Waals surface area contributed by atoms with E-state index in [1.54, 1.807) is 10.7 Å². The number of likely N-dealkylation sites (tertiary alicyclic amines) is 1. The van der Waals surface area contributed by atoms with Crippen LogP contribution in [0.15, 0.2) is 12.4 Å². The Morgan fingerprint density at radius 1 is 1.37 bits per heavy atom. The van der Waals surface area contributed by atoms with Gasteiger partial charge in [-0.25, -0.2) is 14.6 Å². The number of aromatic nitrogens is 4. The molecule has 1 aromatic carbocycles. The fourth-order valence-electron chi connectivity index (χ4n) is 4.66. The number of nitrogen functional groups attached to an aromatic ring is 1. The van der Waals surface area contributed by atoms with Gasteiger partial charge in [0, 0.05) is 35.5 Å². The van der Waals surface area contributed by atoms with E-state index in [1.165, 1.54) is 6.33 Å². The predicted octanol–water partition coefficient (Wildman–Crippen LogP) is 4.22. The minimum atomic E-state index is -0.470. The normalized spacial score (nSPS) is 15.1. The van der Waals surface area contributed by atoms with E-state index in [9.17, 15) is 10.1 Å². The van der Waals surface area contributed by atoms with Crippen LogP contribution in [0.2, 0.25) is 5.02 Å². The number of hydrogen-bond donors (Lipinski definition) is 1. The van der Waals surface area contributed by atoms with E-state index < -0.39 is 5.41 Å². The molecular weight excluding hydrogens is 466 g/mol. The predicted molar refractivity (Wildman–Crippen MR) is 134 cm³/mol. The lowest BCUT2D eigenvalue weighted by Gasteiger charge is -2.43. The van der Waals surface area contributed by atoms with Crippen molar-refractivity contribution in [2.45, 2.75) is 53.5 Å². The van der Waals surface area contributed by atoms with Gasteiger partial charge in [-0.2, -0.15) is 10.4 Å². The number of nitrogens with two attached hydrogens (primary N) is 1. The summed E-state index contributed by atoms with van der Waals surface area (Å²) < 4.78 is 7.94. The molecule has 0 spiro atoms. The molecular formula is C25H30ClN7O2. The van der Waals surface area contributed by atoms with E-state index in [0.717, 1.165) is 16.8 Å². The summed E-state index contributed by atoms with van der Waals surface area (Å²) in [6.45, 7) is 12.9. The first-order chi connectivity index (χ1) is 16.5. The number of ether oxygens (including phenoxy) is 1. The maximum atomic E-state index is 12.7. The fourth-order valence-corrected chi connectivity index (χ4v) is 4.92. The lowest BCUT2D eigenvalue weighted by molar-refractivity contribution is -0.144. The Balaban J connectivity index is 1.83. The zero-order valence-electron chi connectivity index (χ0n) is 20.9. The standard InChI is InChI=1S/C25H30ClN7O2/c1-7-35-21-16(14(3)33-23-19(13(2)31-33)22(28)29-12-30-23)8-18(26)17(9-27)20(21)15-10-32(11-15)24(34)25(4,5)6/h8,12,14-15H,7,10-11H2,1-6H3,(H2,28,29,30). The number of carbonyl (C=O) groups is 1. The van der Waals surface area contributed by atoms with E-state index in [4.69, 9.17) is 22.1 Å². The molecule has 2 N–H and O–H groups in total. The number of halogens is 1. The first-order valence-electron chi connectivity index (χ1n) is 11.6. The number of nitriles is 1. The van der Waals surface area contributed by atoms with Crippen LogP contribution in [0.5, 0.6) is 5.75 Å². The quantitative estimate of drug-likeness (QED) is 0.561. The monoisotopic (exact) mass is 495 g/mol. The summed E-state index contributed by atoms with van der Waals surface area (Å²) in [6, 6.07) is 3.70. The summed E-state index contributed by atoms with van der Waals surface area (Å²) >= 11 is 6.65. The molecule has 0 saturated carbocycles. The van der Waals surface area contributed by atoms with Gasteiger partial charge in [0.25, 0.3) is 0 Å². The maximum Gasteiger partial charge on any atom is 0.227 e. The number of nitrogens with zero attached hydrogens (tertiary/aromatic N) is 6. The first-order valence-corrected chi connectivity index (χ1v) is 12.0. The van der Waals surface area contributed by atoms with Gasteiger partial charge >= 0.3 is 0 Å². The van der Waals surface area contributed by atoms with Gasteiger partial charge in [-0.05, 0) is 26.8 Å². The second-order valence-electron chi connectivity index (χ2n) is 9.93. The highest BCUT2D eigenvalue weighted by molar-refractivity contribution is 6.32. The third-order valence-corrected chi connectivity index (χ3v) is 6.72. The van der Waals surface area contributed by atoms with Crippen LogP contribution in [0.4, 0.5) is 5.82 Å². The molecule has 4 rings (SSSR count). The van der Waals surface area contributed by atoms with E-state index in [1.807, 2.05) is 46.4 Å². The van der Waals surface area contributed by atoms with Crippen LogP contribution < -0.4 is 10.5 Å². The van der Waals surface area contributed by atoms with Crippen molar-refractivity contribution in [1.82, 2.24) is 24.6 Å². The number of aryl methyl sites for hydroxylation is 1. The Morgan fingerprint density at radius 2 is 2.06 bits per heavy atom. The average molecular weight is 496 g/mol. The summed E-state index contributed by atoms with van der Waals surface area (Å²) in [6.07, 6.45) is 1.41. The Kier molecular flexibility index (Phi) is 6.36. The van der Waals surface area contributed by atoms with E-state index in [-0.39, 0.29) is 17.9 Å². The Hall–Kier alpha value is -3.38. The van der Waals surface area contributed by atoms with Crippen LogP contribution in [-0.4, -0.2) is 50.3 Å². The van der Waals surface area contributed by atoms with E-state index in [0.29, 0.717) is 52.9 Å². The third kappa shape index (κ3) is 4.16. The number of carbonyl (C=O) groups excluding carboxylic acids is 1. The Bertz CT molecular complexity index is 1350. The molecule has 0 bridgehead atoms. The number of benzene rings is 1. The number of anilines is 1. The van der Waals surface area contributed by atoms with E-state index in [2.05, 4.69) is 21.1 Å². The largest absolute Gasteiger partial charge is 0.493 e. The van der Waals surface area contributed by atoms with Gasteiger partial charge in [0.05, 0.1) is 34.3 Å². The lowest BCUT2D eigenvalue weighted by atomic mass is 9.83. The molecule has 3 aromatic rings. The molecule has 1 atom stereocenters. The van der Waals surface area contributed by atoms with Crippen LogP contribution in [0.3, 0.4) is 0 Å². The summed E-state index contributed by atoms with van der Waals surface area (Å²) in [4.78, 5) is 23.1. The van der Waals surface area contributed by atoms with Crippen molar-refractivity contribution >= 4 is 34.4 Å². The molecule has 0 aliphatic carbocycles. The van der Waals surface area contributed by atoms with Crippen molar-refractivity contribution in [3.8, 4) is 11.8 Å². The zero-order chi connectivity index (χ0) is 25.7. The molecule has 1 unspecified atom stereocenters. The first kappa shape index (κ1) is 24.7. The molecule has 3 heterocycles. The average Bonchev–Trinajstić information content (AvgIpc) is 3.10. The highest BCUT2D eigenvalue weighted by Crippen LogP contribution is 2.45. The van der Waals surface area contributed by atoms with E-state index >= 15 is 0 Å². The van der Waals surface area contributed by atoms with Crippen LogP contribution in [0.25, 0.3) is 11.0 Å². The molecule has 0 radical (unpaired) electrons. The van der Waals surface area contributed by atoms with Gasteiger partial charge in [-0.15, -0.1) is 0 Å². The molecule has 184 valence electrons. The van der Waals surface area contributed by atoms with Gasteiger partial charge in [0.1, 0.15) is 24.0 Å². The number of hydrogen-bond acceptors (Lipinski definition) is 7. The molecule has 1 fully saturated rings. The van der Waals surface area contributed by atoms with Crippen molar-refractivity contribution in [3.05, 3.63) is 39.8 Å². The van der Waals surface area contributed by atoms with Gasteiger partial charge in [-0.1, -0.05) is 32.4 Å². The summed E-state index contributed by atoms with van der Waals surface area (Å²) in [7, 11) is 0. The third-order valence-electron chi connectivity index (χ3n) is 6.43. The maximum absolute atomic E-state index is 12.7. The van der Waals surface area contributed by atoms with Crippen LogP contribution >= 0.6 is 11.6 Å². The summed E-state index contributed by atoms with van der Waals surface area (Å²) in [5, 5.41) is 15.7. The highest BCUT2D eigenvalue weighted by atomic mass is 35.5. The molecule has 9 nitrogen and oxygen atoms in total. The molecule has 1 aliphatic rings.